The number of carbonyl (C=O) groups is 1. The van der Waals surface area contributed by atoms with Gasteiger partial charge < -0.3 is 10.6 Å². The molecule has 7 nitrogen and oxygen atoms in total. The number of rotatable bonds is 6. The molecule has 4 rings (SSSR count). The number of alkyl halides is 3. The molecule has 1 saturated carbocycles. The van der Waals surface area contributed by atoms with Gasteiger partial charge in [-0.2, -0.15) is 13.2 Å². The summed E-state index contributed by atoms with van der Waals surface area (Å²) in [5.41, 5.74) is -0.715. The second-order valence-corrected chi connectivity index (χ2v) is 11.1. The van der Waals surface area contributed by atoms with E-state index >= 15 is 0 Å². The summed E-state index contributed by atoms with van der Waals surface area (Å²) in [6.45, 7) is 0. The highest BCUT2D eigenvalue weighted by Gasteiger charge is 2.34. The summed E-state index contributed by atoms with van der Waals surface area (Å²) >= 11 is 6.16. The van der Waals surface area contributed by atoms with E-state index in [1.54, 1.807) is 0 Å². The van der Waals surface area contributed by atoms with Crippen LogP contribution in [0.5, 0.6) is 0 Å². The lowest BCUT2D eigenvalue weighted by Crippen LogP contribution is -2.42. The van der Waals surface area contributed by atoms with Crippen LogP contribution in [0.25, 0.3) is 10.9 Å². The molecule has 1 aliphatic carbocycles. The summed E-state index contributed by atoms with van der Waals surface area (Å²) < 4.78 is 79.4. The molecule has 0 saturated heterocycles. The largest absolute Gasteiger partial charge is 0.433 e. The highest BCUT2D eigenvalue weighted by molar-refractivity contribution is 7.92. The Hall–Kier alpha value is -3.12. The van der Waals surface area contributed by atoms with E-state index in [1.807, 2.05) is 0 Å². The number of nitrogens with one attached hydrogen (secondary N) is 3. The molecular formula is C24H23ClF4N4O3S. The van der Waals surface area contributed by atoms with Crippen molar-refractivity contribution in [2.45, 2.75) is 43.9 Å². The van der Waals surface area contributed by atoms with Gasteiger partial charge in [0.1, 0.15) is 11.5 Å². The monoisotopic (exact) mass is 558 g/mol. The lowest BCUT2D eigenvalue weighted by Gasteiger charge is -2.31. The number of anilines is 2. The van der Waals surface area contributed by atoms with Gasteiger partial charge >= 0.3 is 6.18 Å². The Morgan fingerprint density at radius 3 is 2.51 bits per heavy atom. The maximum Gasteiger partial charge on any atom is 0.433 e. The summed E-state index contributed by atoms with van der Waals surface area (Å²) in [5, 5.41) is 6.32. The average Bonchev–Trinajstić information content (AvgIpc) is 2.79. The zero-order valence-electron chi connectivity index (χ0n) is 19.5. The van der Waals surface area contributed by atoms with Gasteiger partial charge in [0.25, 0.3) is 5.91 Å². The number of fused-ring (bicyclic) bond motifs is 1. The fourth-order valence-electron chi connectivity index (χ4n) is 4.37. The molecule has 1 amide bonds. The van der Waals surface area contributed by atoms with Crippen molar-refractivity contribution < 1.29 is 30.8 Å². The fraction of sp³-hybridized carbons (Fsp3) is 0.333. The molecule has 1 heterocycles. The Morgan fingerprint density at radius 2 is 1.81 bits per heavy atom. The van der Waals surface area contributed by atoms with E-state index in [0.717, 1.165) is 24.5 Å². The molecule has 0 aliphatic heterocycles. The van der Waals surface area contributed by atoms with Crippen LogP contribution in [-0.2, 0) is 16.2 Å². The maximum absolute atomic E-state index is 13.9. The van der Waals surface area contributed by atoms with Crippen LogP contribution >= 0.6 is 11.6 Å². The average molecular weight is 559 g/mol. The number of amides is 1. The first-order valence-corrected chi connectivity index (χ1v) is 13.6. The number of pyridine rings is 1. The van der Waals surface area contributed by atoms with E-state index in [9.17, 15) is 30.8 Å². The smallest absolute Gasteiger partial charge is 0.382 e. The number of nitrogens with zero attached hydrogens (tertiary/aromatic N) is 1. The van der Waals surface area contributed by atoms with Crippen LogP contribution in [0.3, 0.4) is 0 Å². The summed E-state index contributed by atoms with van der Waals surface area (Å²) in [5.74, 6) is -1.11. The van der Waals surface area contributed by atoms with Crippen molar-refractivity contribution in [1.82, 2.24) is 10.3 Å². The van der Waals surface area contributed by atoms with Crippen LogP contribution in [0, 0.1) is 5.82 Å². The fourth-order valence-corrected chi connectivity index (χ4v) is 5.13. The topological polar surface area (TPSA) is 100 Å². The summed E-state index contributed by atoms with van der Waals surface area (Å²) in [4.78, 5) is 16.5. The Bertz CT molecular complexity index is 1450. The number of sulfonamides is 1. The van der Waals surface area contributed by atoms with Crippen molar-refractivity contribution in [2.75, 3.05) is 16.3 Å². The van der Waals surface area contributed by atoms with Crippen molar-refractivity contribution in [1.29, 1.82) is 0 Å². The van der Waals surface area contributed by atoms with Gasteiger partial charge in [0.15, 0.2) is 0 Å². The normalized spacial score (nSPS) is 18.4. The second kappa shape index (κ2) is 10.3. The molecule has 3 aromatic rings. The first-order chi connectivity index (χ1) is 17.3. The lowest BCUT2D eigenvalue weighted by atomic mass is 9.90. The molecule has 198 valence electrons. The van der Waals surface area contributed by atoms with Crippen LogP contribution in [0.2, 0.25) is 5.02 Å². The van der Waals surface area contributed by atoms with E-state index in [0.29, 0.717) is 25.7 Å². The van der Waals surface area contributed by atoms with E-state index < -0.39 is 33.6 Å². The number of benzene rings is 2. The molecule has 1 aromatic heterocycles. The zero-order chi connectivity index (χ0) is 27.0. The van der Waals surface area contributed by atoms with Gasteiger partial charge in [-0.25, -0.2) is 17.8 Å². The minimum atomic E-state index is -4.68. The third-order valence-electron chi connectivity index (χ3n) is 5.94. The highest BCUT2D eigenvalue weighted by Crippen LogP contribution is 2.35. The van der Waals surface area contributed by atoms with Crippen molar-refractivity contribution in [3.05, 3.63) is 64.6 Å². The molecule has 2 aromatic carbocycles. The van der Waals surface area contributed by atoms with Gasteiger partial charge in [0.05, 0.1) is 22.4 Å². The van der Waals surface area contributed by atoms with Gasteiger partial charge in [-0.05, 0) is 68.1 Å². The van der Waals surface area contributed by atoms with E-state index in [1.165, 1.54) is 24.3 Å². The Morgan fingerprint density at radius 1 is 1.08 bits per heavy atom. The Kier molecular flexibility index (Phi) is 7.52. The molecule has 0 bridgehead atoms. The maximum atomic E-state index is 13.9. The quantitative estimate of drug-likeness (QED) is 0.343. The number of hydrogen-bond acceptors (Lipinski definition) is 5. The molecule has 37 heavy (non-hydrogen) atoms. The highest BCUT2D eigenvalue weighted by atomic mass is 35.5. The second-order valence-electron chi connectivity index (χ2n) is 8.96. The summed E-state index contributed by atoms with van der Waals surface area (Å²) in [6, 6.07) is 7.78. The van der Waals surface area contributed by atoms with Gasteiger partial charge in [-0.1, -0.05) is 11.6 Å². The third-order valence-corrected chi connectivity index (χ3v) is 6.88. The number of hydrogen-bond donors (Lipinski definition) is 3. The first-order valence-electron chi connectivity index (χ1n) is 11.3. The summed E-state index contributed by atoms with van der Waals surface area (Å²) in [6.07, 6.45) is -1.37. The van der Waals surface area contributed by atoms with Gasteiger partial charge in [-0.15, -0.1) is 0 Å². The summed E-state index contributed by atoms with van der Waals surface area (Å²) in [7, 11) is -3.56. The molecule has 0 unspecified atom stereocenters. The standard InChI is InChI=1S/C24H23ClF4N4O3S/c1-37(35,36)33-16-6-7-19(25)17(11-16)23(34)31-15-4-2-3-14(10-15)30-21-12-22(24(27,28)29)32-20-8-5-13(26)9-18(20)21/h5-9,11-12,14-15,33H,2-4,10H2,1H3,(H,30,32)(H,31,34)/t14-,15+/m0/s1. The number of aromatic nitrogens is 1. The Labute approximate surface area is 215 Å². The molecule has 2 atom stereocenters. The van der Waals surface area contributed by atoms with E-state index in [-0.39, 0.29) is 44.9 Å². The molecule has 0 spiro atoms. The van der Waals surface area contributed by atoms with Crippen molar-refractivity contribution in [3.63, 3.8) is 0 Å². The molecule has 3 N–H and O–H groups in total. The number of carbonyl (C=O) groups excluding carboxylic acids is 1. The van der Waals surface area contributed by atoms with Gasteiger partial charge in [0.2, 0.25) is 10.0 Å². The van der Waals surface area contributed by atoms with Crippen LogP contribution in [0.1, 0.15) is 41.7 Å². The molecular weight excluding hydrogens is 536 g/mol. The predicted octanol–water partition coefficient (Wildman–Crippen LogP) is 5.57. The van der Waals surface area contributed by atoms with Crippen LogP contribution in [0.4, 0.5) is 28.9 Å². The molecule has 0 radical (unpaired) electrons. The zero-order valence-corrected chi connectivity index (χ0v) is 21.1. The van der Waals surface area contributed by atoms with Gasteiger partial charge in [0, 0.05) is 28.8 Å². The van der Waals surface area contributed by atoms with Crippen LogP contribution in [-0.4, -0.2) is 37.6 Å². The minimum absolute atomic E-state index is 0.0108. The van der Waals surface area contributed by atoms with Gasteiger partial charge in [-0.3, -0.25) is 9.52 Å². The van der Waals surface area contributed by atoms with E-state index in [2.05, 4.69) is 20.3 Å². The molecule has 1 aliphatic rings. The van der Waals surface area contributed by atoms with Crippen molar-refractivity contribution in [3.8, 4) is 0 Å². The number of halogens is 5. The Balaban J connectivity index is 1.52. The third kappa shape index (κ3) is 6.80. The SMILES string of the molecule is CS(=O)(=O)Nc1ccc(Cl)c(C(=O)N[C@@H]2CCC[C@H](Nc3cc(C(F)(F)F)nc4ccc(F)cc34)C2)c1. The first kappa shape index (κ1) is 26.9. The molecule has 13 heteroatoms. The van der Waals surface area contributed by atoms with E-state index in [4.69, 9.17) is 11.6 Å². The minimum Gasteiger partial charge on any atom is -0.382 e. The lowest BCUT2D eigenvalue weighted by molar-refractivity contribution is -0.140. The van der Waals surface area contributed by atoms with Crippen LogP contribution in [0.15, 0.2) is 42.5 Å². The van der Waals surface area contributed by atoms with Crippen molar-refractivity contribution in [2.24, 2.45) is 0 Å². The van der Waals surface area contributed by atoms with Crippen molar-refractivity contribution >= 4 is 49.8 Å². The van der Waals surface area contributed by atoms with Crippen LogP contribution < -0.4 is 15.4 Å². The molecule has 1 fully saturated rings. The predicted molar refractivity (Wildman–Crippen MR) is 134 cm³/mol.